The van der Waals surface area contributed by atoms with Gasteiger partial charge in [-0.25, -0.2) is 17.2 Å². The summed E-state index contributed by atoms with van der Waals surface area (Å²) in [5, 5.41) is 11.1. The number of benzene rings is 3. The molecule has 184 valence electrons. The van der Waals surface area contributed by atoms with Crippen molar-refractivity contribution < 1.29 is 27.0 Å². The number of sulfonamides is 1. The quantitative estimate of drug-likeness (QED) is 0.504. The summed E-state index contributed by atoms with van der Waals surface area (Å²) >= 11 is 0. The fraction of sp³-hybridized carbons (Fsp3) is 0.269. The highest BCUT2D eigenvalue weighted by atomic mass is 32.2. The molecule has 2 N–H and O–H groups in total. The lowest BCUT2D eigenvalue weighted by Crippen LogP contribution is -2.47. The van der Waals surface area contributed by atoms with Crippen molar-refractivity contribution in [2.75, 3.05) is 6.61 Å². The Balaban J connectivity index is 1.63. The first-order valence-electron chi connectivity index (χ1n) is 11.1. The van der Waals surface area contributed by atoms with Gasteiger partial charge < -0.3 is 15.2 Å². The number of aliphatic hydroxyl groups is 1. The summed E-state index contributed by atoms with van der Waals surface area (Å²) in [6.45, 7) is 2.95. The Labute approximate surface area is 203 Å². The molecule has 3 aromatic carbocycles. The molecule has 0 amide bonds. The molecule has 0 aliphatic carbocycles. The highest BCUT2D eigenvalue weighted by molar-refractivity contribution is 7.90. The van der Waals surface area contributed by atoms with Gasteiger partial charge in [0, 0.05) is 18.2 Å². The van der Waals surface area contributed by atoms with Crippen LogP contribution in [-0.2, 0) is 14.8 Å². The summed E-state index contributed by atoms with van der Waals surface area (Å²) in [5.74, 6) is -1.57. The molecule has 0 saturated carbocycles. The van der Waals surface area contributed by atoms with Crippen LogP contribution < -0.4 is 5.32 Å². The summed E-state index contributed by atoms with van der Waals surface area (Å²) in [7, 11) is -4.09. The highest BCUT2D eigenvalue weighted by Crippen LogP contribution is 2.41. The van der Waals surface area contributed by atoms with Gasteiger partial charge in [-0.3, -0.25) is 0 Å². The lowest BCUT2D eigenvalue weighted by atomic mass is 9.95. The predicted octanol–water partition coefficient (Wildman–Crippen LogP) is 4.88. The van der Waals surface area contributed by atoms with Gasteiger partial charge in [0.25, 0.3) is 10.0 Å². The van der Waals surface area contributed by atoms with Gasteiger partial charge >= 0.3 is 6.02 Å². The average molecular weight is 501 g/mol. The third-order valence-corrected chi connectivity index (χ3v) is 7.73. The van der Waals surface area contributed by atoms with E-state index < -0.39 is 38.6 Å². The van der Waals surface area contributed by atoms with Gasteiger partial charge in [0.2, 0.25) is 0 Å². The van der Waals surface area contributed by atoms with Crippen molar-refractivity contribution in [3.05, 3.63) is 95.6 Å². The molecule has 3 aromatic rings. The first-order valence-corrected chi connectivity index (χ1v) is 12.6. The minimum absolute atomic E-state index is 0.0236. The molecule has 6 nitrogen and oxygen atoms in total. The zero-order chi connectivity index (χ0) is 25.2. The summed E-state index contributed by atoms with van der Waals surface area (Å²) in [5.41, 5.74) is 1.31. The Kier molecular flexibility index (Phi) is 6.91. The molecule has 4 rings (SSSR count). The zero-order valence-electron chi connectivity index (χ0n) is 19.3. The van der Waals surface area contributed by atoms with Crippen molar-refractivity contribution in [1.82, 2.24) is 5.32 Å². The van der Waals surface area contributed by atoms with Gasteiger partial charge in [-0.2, -0.15) is 0 Å². The second kappa shape index (κ2) is 9.75. The molecule has 2 atom stereocenters. The van der Waals surface area contributed by atoms with E-state index in [-0.39, 0.29) is 24.6 Å². The molecule has 9 heteroatoms. The molecule has 1 heterocycles. The minimum Gasteiger partial charge on any atom is -0.457 e. The number of ether oxygens (including phenoxy) is 1. The summed E-state index contributed by atoms with van der Waals surface area (Å²) in [6.07, 6.45) is 0.0236. The number of halogens is 2. The van der Waals surface area contributed by atoms with Gasteiger partial charge in [-0.15, -0.1) is 4.40 Å². The van der Waals surface area contributed by atoms with Gasteiger partial charge in [0.1, 0.15) is 22.5 Å². The van der Waals surface area contributed by atoms with E-state index in [2.05, 4.69) is 9.71 Å². The first-order chi connectivity index (χ1) is 16.6. The van der Waals surface area contributed by atoms with Crippen LogP contribution >= 0.6 is 0 Å². The highest BCUT2D eigenvalue weighted by Gasteiger charge is 2.47. The molecule has 1 unspecified atom stereocenters. The molecule has 0 bridgehead atoms. The third-order valence-electron chi connectivity index (χ3n) is 5.87. The van der Waals surface area contributed by atoms with E-state index in [9.17, 15) is 22.3 Å². The van der Waals surface area contributed by atoms with Crippen LogP contribution in [0.25, 0.3) is 11.1 Å². The Bertz CT molecular complexity index is 1330. The normalized spacial score (nSPS) is 19.3. The van der Waals surface area contributed by atoms with Crippen LogP contribution in [0.3, 0.4) is 0 Å². The Morgan fingerprint density at radius 2 is 1.69 bits per heavy atom. The average Bonchev–Trinajstić information content (AvgIpc) is 2.78. The van der Waals surface area contributed by atoms with Crippen molar-refractivity contribution in [2.45, 2.75) is 37.2 Å². The number of nitrogens with zero attached hydrogens (tertiary/aromatic N) is 1. The van der Waals surface area contributed by atoms with Gasteiger partial charge in [0.15, 0.2) is 0 Å². The molecule has 0 aromatic heterocycles. The van der Waals surface area contributed by atoms with E-state index in [1.54, 1.807) is 26.0 Å². The molecule has 1 aliphatic rings. The van der Waals surface area contributed by atoms with Gasteiger partial charge in [-0.05, 0) is 43.0 Å². The molecule has 0 radical (unpaired) electrons. The van der Waals surface area contributed by atoms with E-state index in [0.717, 1.165) is 23.3 Å². The van der Waals surface area contributed by atoms with Crippen LogP contribution in [0.2, 0.25) is 0 Å². The van der Waals surface area contributed by atoms with Crippen LogP contribution in [0, 0.1) is 11.6 Å². The van der Waals surface area contributed by atoms with E-state index >= 15 is 0 Å². The number of amidine groups is 1. The van der Waals surface area contributed by atoms with Crippen molar-refractivity contribution in [2.24, 2.45) is 4.40 Å². The monoisotopic (exact) mass is 500 g/mol. The largest absolute Gasteiger partial charge is 0.457 e. The van der Waals surface area contributed by atoms with Crippen molar-refractivity contribution >= 4 is 16.0 Å². The fourth-order valence-electron chi connectivity index (χ4n) is 4.33. The number of aliphatic hydroxyl groups excluding tert-OH is 1. The maximum atomic E-state index is 14.4. The van der Waals surface area contributed by atoms with Crippen molar-refractivity contribution in [3.63, 3.8) is 0 Å². The molecule has 0 fully saturated rings. The first kappa shape index (κ1) is 24.8. The Morgan fingerprint density at radius 1 is 1.03 bits per heavy atom. The van der Waals surface area contributed by atoms with Crippen LogP contribution in [-0.4, -0.2) is 31.8 Å². The van der Waals surface area contributed by atoms with Gasteiger partial charge in [0.05, 0.1) is 6.04 Å². The third kappa shape index (κ3) is 5.36. The summed E-state index contributed by atoms with van der Waals surface area (Å²) < 4.78 is 64.0. The van der Waals surface area contributed by atoms with Crippen LogP contribution in [0.15, 0.2) is 77.2 Å². The van der Waals surface area contributed by atoms with E-state index in [1.165, 1.54) is 6.07 Å². The van der Waals surface area contributed by atoms with Crippen LogP contribution in [0.5, 0.6) is 0 Å². The SMILES string of the molecule is CC1(C)OC(N[C@@H](CCO)c2ccc(F)cc2F)=NS(=O)(=O)C1c1ccc(-c2ccccc2)cc1. The van der Waals surface area contributed by atoms with Crippen molar-refractivity contribution in [3.8, 4) is 11.1 Å². The standard InChI is InChI=1S/C26H26F2N2O4S/c1-26(2)24(19-10-8-18(9-11-19)17-6-4-3-5-7-17)35(32,33)30-25(34-26)29-23(14-15-31)21-13-12-20(27)16-22(21)28/h3-13,16,23-24,31H,14-15H2,1-2H3,(H,29,30)/t23-,24?/m0/s1. The Morgan fingerprint density at radius 3 is 2.29 bits per heavy atom. The maximum Gasteiger partial charge on any atom is 0.301 e. The van der Waals surface area contributed by atoms with Gasteiger partial charge in [-0.1, -0.05) is 60.7 Å². The maximum absolute atomic E-state index is 14.4. The smallest absolute Gasteiger partial charge is 0.301 e. The molecule has 1 aliphatic heterocycles. The van der Waals surface area contributed by atoms with Crippen molar-refractivity contribution in [1.29, 1.82) is 0 Å². The molecular formula is C26H26F2N2O4S. The predicted molar refractivity (Wildman–Crippen MR) is 130 cm³/mol. The van der Waals surface area contributed by atoms with E-state index in [4.69, 9.17) is 4.74 Å². The number of nitrogens with one attached hydrogen (secondary N) is 1. The summed E-state index contributed by atoms with van der Waals surface area (Å²) in [4.78, 5) is 0. The minimum atomic E-state index is -4.09. The second-order valence-electron chi connectivity index (χ2n) is 8.86. The van der Waals surface area contributed by atoms with E-state index in [0.29, 0.717) is 5.56 Å². The van der Waals surface area contributed by atoms with Crippen LogP contribution in [0.1, 0.15) is 42.7 Å². The number of hydrogen-bond donors (Lipinski definition) is 2. The van der Waals surface area contributed by atoms with Crippen LogP contribution in [0.4, 0.5) is 8.78 Å². The molecule has 35 heavy (non-hydrogen) atoms. The lowest BCUT2D eigenvalue weighted by Gasteiger charge is -2.38. The summed E-state index contributed by atoms with van der Waals surface area (Å²) in [6, 6.07) is 18.7. The molecule has 0 spiro atoms. The fourth-order valence-corrected chi connectivity index (χ4v) is 6.02. The molecule has 0 saturated heterocycles. The van der Waals surface area contributed by atoms with E-state index in [1.807, 2.05) is 42.5 Å². The number of hydrogen-bond acceptors (Lipinski definition) is 5. The second-order valence-corrected chi connectivity index (χ2v) is 10.5. The molecular weight excluding hydrogens is 474 g/mol. The lowest BCUT2D eigenvalue weighted by molar-refractivity contribution is 0.0759. The zero-order valence-corrected chi connectivity index (χ0v) is 20.1. The Hall–Kier alpha value is -3.30. The topological polar surface area (TPSA) is 88.0 Å². The number of rotatable bonds is 6.